The zero-order valence-corrected chi connectivity index (χ0v) is 23.3. The molecule has 0 fully saturated rings. The second-order valence-electron chi connectivity index (χ2n) is 10.4. The average molecular weight is 581 g/mol. The third-order valence-corrected chi connectivity index (χ3v) is 8.23. The molecule has 0 radical (unpaired) electrons. The first-order chi connectivity index (χ1) is 21.3. The number of hydrogen-bond donors (Lipinski definition) is 0. The average Bonchev–Trinajstić information content (AvgIpc) is 3.07. The van der Waals surface area contributed by atoms with E-state index >= 15 is 0 Å². The van der Waals surface area contributed by atoms with Crippen molar-refractivity contribution >= 4 is 65.8 Å². The van der Waals surface area contributed by atoms with Gasteiger partial charge in [0.1, 0.15) is 0 Å². The van der Waals surface area contributed by atoms with Gasteiger partial charge in [0, 0.05) is 32.7 Å². The number of hydrogen-bond acceptors (Lipinski definition) is 8. The highest BCUT2D eigenvalue weighted by molar-refractivity contribution is 6.26. The molecule has 212 valence electrons. The van der Waals surface area contributed by atoms with Crippen LogP contribution in [0.1, 0.15) is 20.7 Å². The van der Waals surface area contributed by atoms with Crippen molar-refractivity contribution in [2.24, 2.45) is 0 Å². The van der Waals surface area contributed by atoms with Crippen LogP contribution in [-0.2, 0) is 9.47 Å². The van der Waals surface area contributed by atoms with Crippen molar-refractivity contribution in [1.82, 2.24) is 0 Å². The van der Waals surface area contributed by atoms with E-state index in [0.717, 1.165) is 23.3 Å². The smallest absolute Gasteiger partial charge is 0.338 e. The van der Waals surface area contributed by atoms with Crippen LogP contribution in [0.15, 0.2) is 104 Å². The molecule has 0 aromatic heterocycles. The number of carbonyl (C=O) groups is 2. The van der Waals surface area contributed by atoms with Gasteiger partial charge in [0.2, 0.25) is 21.7 Å². The predicted octanol–water partition coefficient (Wildman–Crippen LogP) is 5.01. The van der Waals surface area contributed by atoms with Crippen molar-refractivity contribution in [3.8, 4) is 11.1 Å². The molecule has 0 amide bonds. The van der Waals surface area contributed by atoms with Crippen LogP contribution in [0.2, 0.25) is 0 Å². The lowest BCUT2D eigenvalue weighted by Gasteiger charge is -2.15. The monoisotopic (exact) mass is 580 g/mol. The summed E-state index contributed by atoms with van der Waals surface area (Å²) < 4.78 is 9.54. The number of methoxy groups -OCH3 is 2. The van der Waals surface area contributed by atoms with Crippen LogP contribution in [-0.4, -0.2) is 26.2 Å². The van der Waals surface area contributed by atoms with Crippen LogP contribution >= 0.6 is 0 Å². The van der Waals surface area contributed by atoms with Crippen molar-refractivity contribution in [2.45, 2.75) is 0 Å². The van der Waals surface area contributed by atoms with Gasteiger partial charge in [0.05, 0.1) is 25.3 Å². The molecule has 0 spiro atoms. The maximum Gasteiger partial charge on any atom is 0.338 e. The van der Waals surface area contributed by atoms with E-state index in [1.165, 1.54) is 53.6 Å². The Kier molecular flexibility index (Phi) is 5.97. The number of benzene rings is 8. The van der Waals surface area contributed by atoms with Gasteiger partial charge < -0.3 is 9.47 Å². The first kappa shape index (κ1) is 26.9. The van der Waals surface area contributed by atoms with Gasteiger partial charge in [0.25, 0.3) is 0 Å². The molecular formula is C36H20O8. The Hall–Kier alpha value is -6.02. The minimum Gasteiger partial charge on any atom is -0.465 e. The summed E-state index contributed by atoms with van der Waals surface area (Å²) in [5, 5.41) is 6.83. The summed E-state index contributed by atoms with van der Waals surface area (Å²) in [6, 6.07) is 25.3. The Balaban J connectivity index is 0.000000144. The summed E-state index contributed by atoms with van der Waals surface area (Å²) in [5.74, 6) is -1.08. The number of carbonyl (C=O) groups excluding carboxylic acids is 2. The Morgan fingerprint density at radius 2 is 0.886 bits per heavy atom. The van der Waals surface area contributed by atoms with Crippen molar-refractivity contribution < 1.29 is 19.1 Å². The fraction of sp³-hybridized carbons (Fsp3) is 0.0556. The highest BCUT2D eigenvalue weighted by atomic mass is 16.5. The summed E-state index contributed by atoms with van der Waals surface area (Å²) in [6.45, 7) is 0. The fourth-order valence-electron chi connectivity index (χ4n) is 6.27. The first-order valence-corrected chi connectivity index (χ1v) is 13.6. The molecule has 44 heavy (non-hydrogen) atoms. The van der Waals surface area contributed by atoms with Crippen LogP contribution in [0, 0.1) is 0 Å². The molecule has 8 rings (SSSR count). The third kappa shape index (κ3) is 3.64. The molecule has 6 aromatic carbocycles. The molecule has 2 aliphatic carbocycles. The number of esters is 2. The van der Waals surface area contributed by atoms with Gasteiger partial charge >= 0.3 is 11.9 Å². The fourth-order valence-corrected chi connectivity index (χ4v) is 6.27. The largest absolute Gasteiger partial charge is 0.465 e. The Labute approximate surface area is 247 Å². The highest BCUT2D eigenvalue weighted by Gasteiger charge is 2.28. The lowest BCUT2D eigenvalue weighted by molar-refractivity contribution is 0.0594. The van der Waals surface area contributed by atoms with Gasteiger partial charge in [-0.1, -0.05) is 66.7 Å². The topological polar surface area (TPSA) is 121 Å². The zero-order valence-electron chi connectivity index (χ0n) is 23.3. The van der Waals surface area contributed by atoms with E-state index < -0.39 is 27.7 Å². The van der Waals surface area contributed by atoms with Gasteiger partial charge in [-0.25, -0.2) is 9.59 Å². The maximum atomic E-state index is 12.5. The van der Waals surface area contributed by atoms with Crippen LogP contribution in [0.4, 0.5) is 0 Å². The molecule has 8 nitrogen and oxygen atoms in total. The second kappa shape index (κ2) is 9.78. The second-order valence-corrected chi connectivity index (χ2v) is 10.4. The molecule has 2 aliphatic rings. The molecular weight excluding hydrogens is 560 g/mol. The normalized spacial score (nSPS) is 11.5. The summed E-state index contributed by atoms with van der Waals surface area (Å²) >= 11 is 0. The third-order valence-electron chi connectivity index (χ3n) is 8.23. The van der Waals surface area contributed by atoms with Gasteiger partial charge in [0.15, 0.2) is 0 Å². The molecule has 0 saturated carbocycles. The highest BCUT2D eigenvalue weighted by Crippen LogP contribution is 2.37. The molecule has 0 N–H and O–H groups in total. The molecule has 8 heteroatoms. The van der Waals surface area contributed by atoms with Gasteiger partial charge in [-0.2, -0.15) is 0 Å². The minimum absolute atomic E-state index is 0.0171. The predicted molar refractivity (Wildman–Crippen MR) is 170 cm³/mol. The first-order valence-electron chi connectivity index (χ1n) is 13.6. The quantitative estimate of drug-likeness (QED) is 0.159. The minimum atomic E-state index is -0.890. The van der Waals surface area contributed by atoms with Crippen LogP contribution < -0.4 is 21.7 Å². The van der Waals surface area contributed by atoms with E-state index in [0.29, 0.717) is 5.56 Å². The number of ether oxygens (including phenoxy) is 2. The van der Waals surface area contributed by atoms with E-state index in [1.807, 2.05) is 18.2 Å². The van der Waals surface area contributed by atoms with Gasteiger partial charge in [-0.3, -0.25) is 19.2 Å². The van der Waals surface area contributed by atoms with E-state index in [4.69, 9.17) is 4.74 Å². The van der Waals surface area contributed by atoms with Crippen molar-refractivity contribution in [1.29, 1.82) is 0 Å². The molecule has 0 atom stereocenters. The molecule has 0 unspecified atom stereocenters. The van der Waals surface area contributed by atoms with Crippen LogP contribution in [0.3, 0.4) is 0 Å². The van der Waals surface area contributed by atoms with Crippen LogP contribution in [0.5, 0.6) is 0 Å². The molecule has 0 aliphatic heterocycles. The Morgan fingerprint density at radius 3 is 1.52 bits per heavy atom. The van der Waals surface area contributed by atoms with E-state index in [9.17, 15) is 28.8 Å². The lowest BCUT2D eigenvalue weighted by Crippen LogP contribution is -2.32. The van der Waals surface area contributed by atoms with Gasteiger partial charge in [-0.05, 0) is 50.5 Å². The molecule has 0 bridgehead atoms. The van der Waals surface area contributed by atoms with Crippen molar-refractivity contribution in [2.75, 3.05) is 14.2 Å². The summed E-state index contributed by atoms with van der Waals surface area (Å²) in [4.78, 5) is 73.5. The van der Waals surface area contributed by atoms with Crippen molar-refractivity contribution in [3.63, 3.8) is 0 Å². The molecule has 0 heterocycles. The van der Waals surface area contributed by atoms with Crippen LogP contribution in [0.25, 0.3) is 65.0 Å². The standard InChI is InChI=1S/C18H8O6.C18H12O2/c1-24-18(23)10-6-5-9-12-11-7(14(19)15(9)20)3-2-4-8(11)16(21)17(22)13(10)12;1-20-18(19)15-10-8-13-6-5-11-3-2-4-12-7-9-14(15)17(13)16(11)12/h2-6H,1H3;2-10H,1H3. The molecule has 0 saturated heterocycles. The van der Waals surface area contributed by atoms with Gasteiger partial charge in [-0.15, -0.1) is 0 Å². The van der Waals surface area contributed by atoms with E-state index in [-0.39, 0.29) is 44.2 Å². The SMILES string of the molecule is COC(=O)c1ccc2c3c1c(=O)c(=O)c1cccc(c1-3)c(=O)c2=O.COC(=O)c1ccc2ccc3cccc4ccc1c2c34. The zero-order chi connectivity index (χ0) is 30.9. The maximum absolute atomic E-state index is 12.5. The summed E-state index contributed by atoms with van der Waals surface area (Å²) in [7, 11) is 2.57. The van der Waals surface area contributed by atoms with E-state index in [1.54, 1.807) is 0 Å². The summed E-state index contributed by atoms with van der Waals surface area (Å²) in [6.07, 6.45) is 0. The van der Waals surface area contributed by atoms with Crippen molar-refractivity contribution in [3.05, 3.63) is 137 Å². The lowest BCUT2D eigenvalue weighted by atomic mass is 9.85. The Morgan fingerprint density at radius 1 is 0.432 bits per heavy atom. The number of rotatable bonds is 2. The Bertz CT molecular complexity index is 2630. The molecule has 6 aromatic rings. The van der Waals surface area contributed by atoms with E-state index in [2.05, 4.69) is 41.1 Å². The summed E-state index contributed by atoms with van der Waals surface area (Å²) in [5.41, 5.74) is -2.29.